The molecule has 0 bridgehead atoms. The SMILES string of the molecule is [B]C(=C)CCC. The number of rotatable bonds is 2. The zero-order chi connectivity index (χ0) is 4.99. The topological polar surface area (TPSA) is 0 Å². The average molecular weight is 79.9 g/mol. The summed E-state index contributed by atoms with van der Waals surface area (Å²) in [6.07, 6.45) is 2.06. The van der Waals surface area contributed by atoms with Crippen LogP contribution in [-0.4, -0.2) is 7.85 Å². The zero-order valence-corrected chi connectivity index (χ0v) is 4.20. The Morgan fingerprint density at radius 1 is 1.83 bits per heavy atom. The van der Waals surface area contributed by atoms with Crippen molar-refractivity contribution in [3.05, 3.63) is 12.1 Å². The Morgan fingerprint density at radius 2 is 2.33 bits per heavy atom. The summed E-state index contributed by atoms with van der Waals surface area (Å²) in [4.78, 5) is 0. The summed E-state index contributed by atoms with van der Waals surface area (Å²) in [5.41, 5.74) is 0.789. The summed E-state index contributed by atoms with van der Waals surface area (Å²) in [6, 6.07) is 0. The molecular formula is C5H9B. The minimum absolute atomic E-state index is 0.789. The smallest absolute Gasteiger partial charge is 0.106 e. The number of allylic oxidation sites excluding steroid dienone is 1. The van der Waals surface area contributed by atoms with Crippen LogP contribution in [0, 0.1) is 0 Å². The molecule has 1 heteroatoms. The predicted molar refractivity (Wildman–Crippen MR) is 29.8 cm³/mol. The van der Waals surface area contributed by atoms with Crippen LogP contribution in [0.1, 0.15) is 19.8 Å². The molecule has 0 aromatic carbocycles. The molecule has 0 aromatic heterocycles. The highest BCUT2D eigenvalue weighted by molar-refractivity contribution is 6.21. The van der Waals surface area contributed by atoms with Crippen molar-refractivity contribution < 1.29 is 0 Å². The van der Waals surface area contributed by atoms with E-state index in [1.807, 2.05) is 0 Å². The Morgan fingerprint density at radius 3 is 2.33 bits per heavy atom. The quantitative estimate of drug-likeness (QED) is 0.440. The van der Waals surface area contributed by atoms with Gasteiger partial charge in [-0.05, 0) is 6.42 Å². The second kappa shape index (κ2) is 3.01. The van der Waals surface area contributed by atoms with Crippen LogP contribution in [0.2, 0.25) is 0 Å². The van der Waals surface area contributed by atoms with E-state index in [2.05, 4.69) is 13.5 Å². The van der Waals surface area contributed by atoms with Crippen molar-refractivity contribution in [3.63, 3.8) is 0 Å². The number of hydrogen-bond acceptors (Lipinski definition) is 0. The molecule has 0 spiro atoms. The summed E-state index contributed by atoms with van der Waals surface area (Å²) < 4.78 is 0. The van der Waals surface area contributed by atoms with Crippen molar-refractivity contribution in [1.29, 1.82) is 0 Å². The van der Waals surface area contributed by atoms with E-state index in [0.29, 0.717) is 0 Å². The normalized spacial score (nSPS) is 8.17. The predicted octanol–water partition coefficient (Wildman–Crippen LogP) is 1.47. The molecule has 2 radical (unpaired) electrons. The summed E-state index contributed by atoms with van der Waals surface area (Å²) in [5, 5.41) is 0. The third-order valence-corrected chi connectivity index (χ3v) is 0.571. The van der Waals surface area contributed by atoms with Gasteiger partial charge in [0, 0.05) is 0 Å². The molecule has 0 N–H and O–H groups in total. The van der Waals surface area contributed by atoms with Gasteiger partial charge in [-0.2, -0.15) is 0 Å². The molecule has 0 unspecified atom stereocenters. The molecule has 0 aromatic rings. The van der Waals surface area contributed by atoms with Crippen LogP contribution >= 0.6 is 0 Å². The lowest BCUT2D eigenvalue weighted by Gasteiger charge is -1.87. The first-order valence-corrected chi connectivity index (χ1v) is 2.20. The van der Waals surface area contributed by atoms with E-state index >= 15 is 0 Å². The van der Waals surface area contributed by atoms with Crippen LogP contribution in [0.3, 0.4) is 0 Å². The van der Waals surface area contributed by atoms with Crippen molar-refractivity contribution in [1.82, 2.24) is 0 Å². The summed E-state index contributed by atoms with van der Waals surface area (Å²) in [6.45, 7) is 5.60. The van der Waals surface area contributed by atoms with E-state index in [-0.39, 0.29) is 0 Å². The van der Waals surface area contributed by atoms with Gasteiger partial charge in [0.05, 0.1) is 0 Å². The molecule has 6 heavy (non-hydrogen) atoms. The van der Waals surface area contributed by atoms with Crippen LogP contribution in [0.15, 0.2) is 12.1 Å². The second-order valence-corrected chi connectivity index (χ2v) is 1.41. The zero-order valence-electron chi connectivity index (χ0n) is 4.20. The van der Waals surface area contributed by atoms with E-state index in [0.717, 1.165) is 18.3 Å². The van der Waals surface area contributed by atoms with E-state index in [1.165, 1.54) is 0 Å². The first-order valence-electron chi connectivity index (χ1n) is 2.20. The largest absolute Gasteiger partial charge is 0.125 e. The standard InChI is InChI=1S/C5H9B/c1-3-4-5(2)6/h2-4H2,1H3. The lowest BCUT2D eigenvalue weighted by atomic mass is 9.94. The Labute approximate surface area is 40.7 Å². The highest BCUT2D eigenvalue weighted by Gasteiger charge is 1.76. The van der Waals surface area contributed by atoms with Crippen LogP contribution in [-0.2, 0) is 0 Å². The maximum atomic E-state index is 5.21. The third-order valence-electron chi connectivity index (χ3n) is 0.571. The molecule has 0 amide bonds. The molecule has 0 heterocycles. The van der Waals surface area contributed by atoms with Gasteiger partial charge in [0.2, 0.25) is 0 Å². The van der Waals surface area contributed by atoms with Crippen molar-refractivity contribution in [3.8, 4) is 0 Å². The fourth-order valence-electron chi connectivity index (χ4n) is 0.321. The molecule has 0 aliphatic heterocycles. The minimum Gasteiger partial charge on any atom is -0.125 e. The Balaban J connectivity index is 2.83. The first kappa shape index (κ1) is 5.80. The van der Waals surface area contributed by atoms with Gasteiger partial charge >= 0.3 is 0 Å². The molecule has 0 nitrogen and oxygen atoms in total. The van der Waals surface area contributed by atoms with Crippen LogP contribution in [0.4, 0.5) is 0 Å². The van der Waals surface area contributed by atoms with E-state index in [4.69, 9.17) is 7.85 Å². The molecule has 0 fully saturated rings. The van der Waals surface area contributed by atoms with Crippen molar-refractivity contribution in [2.75, 3.05) is 0 Å². The summed E-state index contributed by atoms with van der Waals surface area (Å²) in [7, 11) is 5.21. The minimum atomic E-state index is 0.789. The molecule has 0 atom stereocenters. The maximum absolute atomic E-state index is 5.21. The Hall–Kier alpha value is -0.195. The summed E-state index contributed by atoms with van der Waals surface area (Å²) in [5.74, 6) is 0. The van der Waals surface area contributed by atoms with Gasteiger partial charge in [0.25, 0.3) is 0 Å². The van der Waals surface area contributed by atoms with E-state index in [9.17, 15) is 0 Å². The first-order chi connectivity index (χ1) is 2.77. The fraction of sp³-hybridized carbons (Fsp3) is 0.600. The molecule has 32 valence electrons. The van der Waals surface area contributed by atoms with Gasteiger partial charge in [-0.25, -0.2) is 0 Å². The molecule has 0 aliphatic carbocycles. The van der Waals surface area contributed by atoms with Gasteiger partial charge in [-0.3, -0.25) is 0 Å². The van der Waals surface area contributed by atoms with Gasteiger partial charge < -0.3 is 0 Å². The fourth-order valence-corrected chi connectivity index (χ4v) is 0.321. The third kappa shape index (κ3) is 3.80. The van der Waals surface area contributed by atoms with Gasteiger partial charge in [-0.1, -0.05) is 13.3 Å². The summed E-state index contributed by atoms with van der Waals surface area (Å²) >= 11 is 0. The van der Waals surface area contributed by atoms with Crippen molar-refractivity contribution >= 4 is 7.85 Å². The Bertz CT molecular complexity index is 47.9. The highest BCUT2D eigenvalue weighted by Crippen LogP contribution is 1.92. The van der Waals surface area contributed by atoms with Crippen molar-refractivity contribution in [2.24, 2.45) is 0 Å². The van der Waals surface area contributed by atoms with Crippen molar-refractivity contribution in [2.45, 2.75) is 19.8 Å². The Kier molecular flexibility index (Phi) is 2.92. The molecular weight excluding hydrogens is 70.9 g/mol. The van der Waals surface area contributed by atoms with Gasteiger partial charge in [0.1, 0.15) is 7.85 Å². The van der Waals surface area contributed by atoms with Crippen LogP contribution < -0.4 is 0 Å². The monoisotopic (exact) mass is 80.1 g/mol. The molecule has 0 saturated carbocycles. The van der Waals surface area contributed by atoms with Gasteiger partial charge in [0.15, 0.2) is 0 Å². The van der Waals surface area contributed by atoms with Gasteiger partial charge in [-0.15, -0.1) is 12.1 Å². The van der Waals surface area contributed by atoms with Crippen LogP contribution in [0.25, 0.3) is 0 Å². The lowest BCUT2D eigenvalue weighted by molar-refractivity contribution is 0.947. The average Bonchev–Trinajstić information content (AvgIpc) is 1.35. The lowest BCUT2D eigenvalue weighted by Crippen LogP contribution is -1.73. The highest BCUT2D eigenvalue weighted by atomic mass is 13.8. The second-order valence-electron chi connectivity index (χ2n) is 1.41. The molecule has 0 rings (SSSR count). The molecule has 0 saturated heterocycles. The maximum Gasteiger partial charge on any atom is 0.106 e. The van der Waals surface area contributed by atoms with E-state index < -0.39 is 0 Å². The van der Waals surface area contributed by atoms with E-state index in [1.54, 1.807) is 0 Å². The molecule has 0 aliphatic rings. The van der Waals surface area contributed by atoms with Crippen LogP contribution in [0.5, 0.6) is 0 Å². The number of hydrogen-bond donors (Lipinski definition) is 0.